The molecule has 0 bridgehead atoms. The molecule has 0 amide bonds. The van der Waals surface area contributed by atoms with Crippen LogP contribution < -0.4 is 11.4 Å². The highest BCUT2D eigenvalue weighted by atomic mass is 31.3. The maximum atomic E-state index is 12.8. The minimum atomic E-state index is -5.48. The molecule has 74 heavy (non-hydrogen) atoms. The van der Waals surface area contributed by atoms with Crippen molar-refractivity contribution in [3.63, 3.8) is 0 Å². The van der Waals surface area contributed by atoms with E-state index in [4.69, 9.17) is 29.0 Å². The highest BCUT2D eigenvalue weighted by molar-refractivity contribution is 7.61. The Kier molecular flexibility index (Phi) is 34.3. The van der Waals surface area contributed by atoms with Crippen molar-refractivity contribution in [2.24, 2.45) is 0 Å². The molecule has 1 aliphatic heterocycles. The van der Waals surface area contributed by atoms with Gasteiger partial charge >= 0.3 is 33.3 Å². The number of phosphoric acid groups is 2. The number of hydrogen-bond acceptors (Lipinski definition) is 17. The van der Waals surface area contributed by atoms with E-state index in [1.807, 2.05) is 49.5 Å². The molecule has 1 aromatic rings. The molecule has 22 heteroatoms. The molecule has 20 nitrogen and oxygen atoms in total. The Bertz CT molecular complexity index is 2200. The van der Waals surface area contributed by atoms with Gasteiger partial charge in [0.05, 0.1) is 25.4 Å². The number of nitrogen functional groups attached to an aromatic ring is 1. The van der Waals surface area contributed by atoms with E-state index in [0.717, 1.165) is 36.4 Å². The molecule has 9 atom stereocenters. The first-order valence-corrected chi connectivity index (χ1v) is 28.1. The molecule has 2 unspecified atom stereocenters. The molecule has 1 saturated heterocycles. The number of rotatable bonds is 39. The van der Waals surface area contributed by atoms with E-state index in [-0.39, 0.29) is 18.7 Å². The van der Waals surface area contributed by atoms with E-state index in [2.05, 4.69) is 40.5 Å². The second kappa shape index (κ2) is 38.8. The normalized spacial score (nSPS) is 20.6. The first-order chi connectivity index (χ1) is 35.5. The summed E-state index contributed by atoms with van der Waals surface area (Å²) in [6.07, 6.45) is 36.8. The number of aliphatic hydroxyl groups excluding tert-OH is 4. The zero-order valence-electron chi connectivity index (χ0n) is 42.6. The molecule has 1 aliphatic rings. The van der Waals surface area contributed by atoms with Crippen molar-refractivity contribution in [1.29, 1.82) is 0 Å². The molecule has 2 rings (SSSR count). The maximum Gasteiger partial charge on any atom is 0.481 e. The monoisotopic (exact) mass is 1080 g/mol. The fraction of sp³-hybridized carbons (Fsp3) is 0.538. The SMILES string of the molecule is CC/C=C\C[C@@H](O)/C=C/C=C\C=C\[C@@H](O)C/C=C\C/C=C\CCC(=O)OC[C@H](COP(=O)(O)OP(=O)(O)OC[C@H]1O[C@@H](n2ccc(N)nc2=O)[C@H](O)[C@@H]1O)OC(=O)CCCC/C=C\C/C=C\C/C=C\CCCCC. The second-order valence-corrected chi connectivity index (χ2v) is 20.0. The number of aromatic nitrogens is 2. The highest BCUT2D eigenvalue weighted by Crippen LogP contribution is 2.60. The van der Waals surface area contributed by atoms with Crippen LogP contribution >= 0.6 is 15.6 Å². The van der Waals surface area contributed by atoms with Crippen molar-refractivity contribution in [2.75, 3.05) is 25.6 Å². The van der Waals surface area contributed by atoms with Crippen LogP contribution in [0.3, 0.4) is 0 Å². The van der Waals surface area contributed by atoms with Crippen LogP contribution in [0.5, 0.6) is 0 Å². The Morgan fingerprint density at radius 3 is 1.91 bits per heavy atom. The second-order valence-electron chi connectivity index (χ2n) is 17.0. The van der Waals surface area contributed by atoms with E-state index in [1.165, 1.54) is 25.3 Å². The summed E-state index contributed by atoms with van der Waals surface area (Å²) in [5.41, 5.74) is 4.56. The number of carbonyl (C=O) groups is 2. The highest BCUT2D eigenvalue weighted by Gasteiger charge is 2.46. The van der Waals surface area contributed by atoms with Crippen molar-refractivity contribution in [2.45, 2.75) is 159 Å². The summed E-state index contributed by atoms with van der Waals surface area (Å²) < 4.78 is 56.5. The van der Waals surface area contributed by atoms with Gasteiger partial charge in [0.15, 0.2) is 12.3 Å². The van der Waals surface area contributed by atoms with Crippen molar-refractivity contribution < 1.29 is 76.5 Å². The van der Waals surface area contributed by atoms with Gasteiger partial charge in [0.1, 0.15) is 30.7 Å². The number of carbonyl (C=O) groups excluding carboxylic acids is 2. The third-order valence-corrected chi connectivity index (χ3v) is 13.1. The largest absolute Gasteiger partial charge is 0.481 e. The lowest BCUT2D eigenvalue weighted by Crippen LogP contribution is -2.36. The number of nitrogens with zero attached hydrogens (tertiary/aromatic N) is 2. The maximum absolute atomic E-state index is 12.8. The van der Waals surface area contributed by atoms with Crippen LogP contribution in [0.25, 0.3) is 0 Å². The molecular weight excluding hydrogens is 1000 g/mol. The van der Waals surface area contributed by atoms with Gasteiger partial charge in [-0.2, -0.15) is 9.29 Å². The Morgan fingerprint density at radius 2 is 1.30 bits per heavy atom. The first-order valence-electron chi connectivity index (χ1n) is 25.1. The summed E-state index contributed by atoms with van der Waals surface area (Å²) in [6.45, 7) is 1.70. The van der Waals surface area contributed by atoms with Crippen LogP contribution in [0.2, 0.25) is 0 Å². The Morgan fingerprint density at radius 1 is 0.730 bits per heavy atom. The fourth-order valence-corrected chi connectivity index (χ4v) is 8.69. The topological polar surface area (TPSA) is 306 Å². The lowest BCUT2D eigenvalue weighted by atomic mass is 10.1. The molecule has 0 aliphatic carbocycles. The summed E-state index contributed by atoms with van der Waals surface area (Å²) >= 11 is 0. The number of nitrogens with two attached hydrogens (primary N) is 1. The molecule has 1 aromatic heterocycles. The molecule has 414 valence electrons. The minimum absolute atomic E-state index is 0.0435. The molecule has 0 aromatic carbocycles. The molecule has 8 N–H and O–H groups in total. The number of phosphoric ester groups is 2. The van der Waals surface area contributed by atoms with Gasteiger partial charge in [-0.1, -0.05) is 136 Å². The van der Waals surface area contributed by atoms with Gasteiger partial charge in [-0.05, 0) is 83.1 Å². The Labute approximate surface area is 435 Å². The van der Waals surface area contributed by atoms with Crippen molar-refractivity contribution in [3.8, 4) is 0 Å². The number of unbranched alkanes of at least 4 members (excludes halogenated alkanes) is 5. The standard InChI is InChI=1S/C52H79N3O17P2/c1-3-5-7-8-9-10-11-12-13-14-15-16-17-22-30-36-48(59)70-44(39-67-47(58)35-29-21-19-18-20-26-32-43(57)34-28-24-23-27-33-42(56)31-25-6-4-2)40-68-73(63,64)72-74(65,66)69-41-45-49(60)50(61)51(71-45)55-38-37-46(53)54-52(55)62/h6,9-10,12-13,15-16,19-21,23-28,33-34,37-38,42-45,49-51,56-57,60-61H,3-5,7-8,11,14,17-18,22,29-32,35-36,39-41H2,1-2H3,(H,63,64)(H,65,66)(H2,53,54,62)/b10-9-,13-12-,16-15-,21-19-,24-23-,25-6-,26-20-,33-27+,34-28+/t42-,43+,44-,45-,49-,50-,51-/m1/s1. The number of allylic oxidation sites excluding steroid dienone is 14. The van der Waals surface area contributed by atoms with Crippen LogP contribution in [-0.2, 0) is 46.3 Å². The van der Waals surface area contributed by atoms with Gasteiger partial charge < -0.3 is 50.2 Å². The van der Waals surface area contributed by atoms with E-state index < -0.39 is 95.9 Å². The minimum Gasteiger partial charge on any atom is -0.462 e. The van der Waals surface area contributed by atoms with E-state index in [1.54, 1.807) is 42.5 Å². The third kappa shape index (κ3) is 31.3. The molecule has 0 spiro atoms. The van der Waals surface area contributed by atoms with Gasteiger partial charge in [-0.3, -0.25) is 23.2 Å². The van der Waals surface area contributed by atoms with Crippen LogP contribution in [0, 0.1) is 0 Å². The zero-order chi connectivity index (χ0) is 54.5. The lowest BCUT2D eigenvalue weighted by molar-refractivity contribution is -0.161. The molecule has 0 saturated carbocycles. The quantitative estimate of drug-likeness (QED) is 0.0107. The van der Waals surface area contributed by atoms with Crippen LogP contribution in [0.15, 0.2) is 126 Å². The summed E-state index contributed by atoms with van der Waals surface area (Å²) in [4.78, 5) is 61.8. The number of esters is 2. The number of hydrogen-bond donors (Lipinski definition) is 7. The van der Waals surface area contributed by atoms with Gasteiger partial charge in [0.2, 0.25) is 0 Å². The van der Waals surface area contributed by atoms with Crippen LogP contribution in [-0.4, -0.2) is 108 Å². The zero-order valence-corrected chi connectivity index (χ0v) is 44.4. The smallest absolute Gasteiger partial charge is 0.462 e. The predicted molar refractivity (Wildman–Crippen MR) is 282 cm³/mol. The van der Waals surface area contributed by atoms with E-state index in [0.29, 0.717) is 44.9 Å². The molecule has 2 heterocycles. The first kappa shape index (κ1) is 65.5. The van der Waals surface area contributed by atoms with Gasteiger partial charge in [0.25, 0.3) is 0 Å². The molecule has 1 fully saturated rings. The lowest BCUT2D eigenvalue weighted by Gasteiger charge is -2.21. The van der Waals surface area contributed by atoms with Crippen molar-refractivity contribution in [1.82, 2.24) is 9.55 Å². The van der Waals surface area contributed by atoms with Gasteiger partial charge in [-0.15, -0.1) is 0 Å². The Hall–Kier alpha value is -4.66. The van der Waals surface area contributed by atoms with E-state index >= 15 is 0 Å². The average Bonchev–Trinajstić information content (AvgIpc) is 3.63. The van der Waals surface area contributed by atoms with E-state index in [9.17, 15) is 53.7 Å². The number of aliphatic hydroxyl groups is 4. The molecule has 0 radical (unpaired) electrons. The average molecular weight is 1080 g/mol. The predicted octanol–water partition coefficient (Wildman–Crippen LogP) is 8.16. The van der Waals surface area contributed by atoms with Gasteiger partial charge in [0, 0.05) is 19.0 Å². The Balaban J connectivity index is 1.88. The number of ether oxygens (including phenoxy) is 3. The number of anilines is 1. The third-order valence-electron chi connectivity index (χ3n) is 10.5. The molecular formula is C52H79N3O17P2. The summed E-state index contributed by atoms with van der Waals surface area (Å²) in [6, 6.07) is 1.23. The summed E-state index contributed by atoms with van der Waals surface area (Å²) in [5, 5.41) is 40.9. The van der Waals surface area contributed by atoms with Gasteiger partial charge in [-0.25, -0.2) is 13.9 Å². The van der Waals surface area contributed by atoms with Crippen LogP contribution in [0.4, 0.5) is 5.82 Å². The summed E-state index contributed by atoms with van der Waals surface area (Å²) in [5.74, 6) is -1.54. The van der Waals surface area contributed by atoms with Crippen molar-refractivity contribution >= 4 is 33.4 Å². The van der Waals surface area contributed by atoms with Crippen LogP contribution in [0.1, 0.15) is 123 Å². The summed E-state index contributed by atoms with van der Waals surface area (Å²) in [7, 11) is -10.9. The fourth-order valence-electron chi connectivity index (χ4n) is 6.58. The van der Waals surface area contributed by atoms with Crippen molar-refractivity contribution in [3.05, 3.63) is 132 Å².